The van der Waals surface area contributed by atoms with Gasteiger partial charge in [0, 0.05) is 36.0 Å². The Morgan fingerprint density at radius 3 is 2.25 bits per heavy atom. The van der Waals surface area contributed by atoms with Crippen LogP contribution < -0.4 is 4.90 Å². The van der Waals surface area contributed by atoms with Crippen molar-refractivity contribution in [3.8, 4) is 5.75 Å². The second-order valence-corrected chi connectivity index (χ2v) is 12.7. The summed E-state index contributed by atoms with van der Waals surface area (Å²) in [5.41, 5.74) is -0.457. The van der Waals surface area contributed by atoms with Gasteiger partial charge in [-0.3, -0.25) is 14.8 Å². The zero-order chi connectivity index (χ0) is 31.9. The lowest BCUT2D eigenvalue weighted by Crippen LogP contribution is -2.59. The minimum Gasteiger partial charge on any atom is -0.507 e. The molecule has 0 radical (unpaired) electrons. The number of aromatic nitrogens is 2. The zero-order valence-corrected chi connectivity index (χ0v) is 24.3. The fraction of sp³-hybridized carbons (Fsp3) is 0.379. The van der Waals surface area contributed by atoms with Crippen molar-refractivity contribution in [3.05, 3.63) is 76.4 Å². The summed E-state index contributed by atoms with van der Waals surface area (Å²) in [5.74, 6) is -10.9. The highest BCUT2D eigenvalue weighted by Gasteiger charge is 2.47. The van der Waals surface area contributed by atoms with Crippen molar-refractivity contribution in [2.24, 2.45) is 0 Å². The van der Waals surface area contributed by atoms with Gasteiger partial charge in [0.1, 0.15) is 17.4 Å². The molecular weight excluding hydrogens is 608 g/mol. The highest BCUT2D eigenvalue weighted by molar-refractivity contribution is 7.89. The minimum absolute atomic E-state index is 0.0269. The average molecular weight is 637 g/mol. The van der Waals surface area contributed by atoms with Crippen LogP contribution in [0.1, 0.15) is 71.8 Å². The summed E-state index contributed by atoms with van der Waals surface area (Å²) < 4.78 is 84.6. The first-order chi connectivity index (χ1) is 20.8. The number of rotatable bonds is 8. The van der Waals surface area contributed by atoms with E-state index < -0.39 is 73.0 Å². The van der Waals surface area contributed by atoms with Gasteiger partial charge in [0.05, 0.1) is 24.1 Å². The van der Waals surface area contributed by atoms with Crippen LogP contribution in [0, 0.1) is 30.2 Å². The van der Waals surface area contributed by atoms with Gasteiger partial charge in [0.25, 0.3) is 0 Å². The van der Waals surface area contributed by atoms with E-state index >= 15 is 0 Å². The van der Waals surface area contributed by atoms with Gasteiger partial charge in [-0.25, -0.2) is 30.8 Å². The number of carboxylic acid groups (broad SMARTS) is 1. The van der Waals surface area contributed by atoms with Crippen LogP contribution in [0.5, 0.6) is 5.75 Å². The summed E-state index contributed by atoms with van der Waals surface area (Å²) in [6.07, 6.45) is 8.20. The van der Waals surface area contributed by atoms with Crippen molar-refractivity contribution in [2.75, 3.05) is 11.4 Å². The monoisotopic (exact) mass is 636 g/mol. The van der Waals surface area contributed by atoms with Crippen LogP contribution in [0.2, 0.25) is 0 Å². The number of carbonyl (C=O) groups excluding carboxylic acids is 1. The van der Waals surface area contributed by atoms with Gasteiger partial charge < -0.3 is 15.1 Å². The van der Waals surface area contributed by atoms with Crippen molar-refractivity contribution in [1.29, 1.82) is 0 Å². The third kappa shape index (κ3) is 5.61. The van der Waals surface area contributed by atoms with Crippen molar-refractivity contribution in [3.63, 3.8) is 0 Å². The van der Waals surface area contributed by atoms with Crippen molar-refractivity contribution >= 4 is 27.6 Å². The largest absolute Gasteiger partial charge is 0.507 e. The van der Waals surface area contributed by atoms with E-state index in [4.69, 9.17) is 0 Å². The van der Waals surface area contributed by atoms with E-state index in [9.17, 15) is 45.8 Å². The quantitative estimate of drug-likeness (QED) is 0.204. The van der Waals surface area contributed by atoms with E-state index in [0.29, 0.717) is 4.31 Å². The molecule has 1 aliphatic carbocycles. The third-order valence-corrected chi connectivity index (χ3v) is 10.1. The minimum atomic E-state index is -5.18. The van der Waals surface area contributed by atoms with E-state index in [1.165, 1.54) is 12.3 Å². The number of carboxylic acids is 1. The van der Waals surface area contributed by atoms with Gasteiger partial charge in [0.15, 0.2) is 28.2 Å². The smallest absolute Gasteiger partial charge is 0.339 e. The van der Waals surface area contributed by atoms with E-state index in [-0.39, 0.29) is 36.8 Å². The lowest BCUT2D eigenvalue weighted by atomic mass is 9.87. The number of hydrogen-bond donors (Lipinski definition) is 2. The van der Waals surface area contributed by atoms with E-state index in [1.54, 1.807) is 6.20 Å². The van der Waals surface area contributed by atoms with Crippen LogP contribution in [0.25, 0.3) is 0 Å². The van der Waals surface area contributed by atoms with Gasteiger partial charge in [-0.15, -0.1) is 0 Å². The van der Waals surface area contributed by atoms with Crippen molar-refractivity contribution in [1.82, 2.24) is 14.3 Å². The Hall–Kier alpha value is -4.11. The topological polar surface area (TPSA) is 141 Å². The normalized spacial score (nSPS) is 17.7. The Kier molecular flexibility index (Phi) is 8.62. The molecule has 2 heterocycles. The number of aromatic carboxylic acids is 1. The summed E-state index contributed by atoms with van der Waals surface area (Å²) >= 11 is 0. The molecule has 10 nitrogen and oxygen atoms in total. The van der Waals surface area contributed by atoms with E-state index in [0.717, 1.165) is 61.8 Å². The van der Waals surface area contributed by atoms with Crippen LogP contribution in [0.15, 0.2) is 35.5 Å². The SMILES string of the molecule is Cc1c(F)c(F)c(F)c(S(=O)(=O)N2CCC2C(=O)N(Cc2cnc(C3CCCCC3)cn2)c2ccc(C(=O)O)c(O)c2)c1F. The molecule has 1 saturated carbocycles. The second kappa shape index (κ2) is 12.1. The number of benzene rings is 2. The lowest BCUT2D eigenvalue weighted by molar-refractivity contribution is -0.125. The van der Waals surface area contributed by atoms with Crippen molar-refractivity contribution in [2.45, 2.75) is 68.8 Å². The van der Waals surface area contributed by atoms with Crippen LogP contribution in [0.4, 0.5) is 23.2 Å². The molecule has 1 saturated heterocycles. The molecule has 0 spiro atoms. The molecular formula is C29H28F4N4O6S. The summed E-state index contributed by atoms with van der Waals surface area (Å²) in [4.78, 5) is 33.5. The Morgan fingerprint density at radius 1 is 0.977 bits per heavy atom. The highest BCUT2D eigenvalue weighted by Crippen LogP contribution is 2.36. The van der Waals surface area contributed by atoms with E-state index in [1.807, 2.05) is 0 Å². The molecule has 2 aromatic carbocycles. The Labute approximate surface area is 250 Å². The second-order valence-electron chi connectivity index (χ2n) is 10.8. The molecule has 0 bridgehead atoms. The van der Waals surface area contributed by atoms with Gasteiger partial charge in [0.2, 0.25) is 15.9 Å². The van der Waals surface area contributed by atoms with Crippen LogP contribution in [-0.4, -0.2) is 57.4 Å². The summed E-state index contributed by atoms with van der Waals surface area (Å²) in [5, 5.41) is 19.6. The maximum Gasteiger partial charge on any atom is 0.339 e. The molecule has 1 unspecified atom stereocenters. The molecule has 1 aliphatic heterocycles. The zero-order valence-electron chi connectivity index (χ0n) is 23.4. The van der Waals surface area contributed by atoms with E-state index in [2.05, 4.69) is 9.97 Å². The first-order valence-electron chi connectivity index (χ1n) is 13.9. The third-order valence-electron chi connectivity index (χ3n) is 8.12. The molecule has 44 heavy (non-hydrogen) atoms. The van der Waals surface area contributed by atoms with Crippen molar-refractivity contribution < 1.29 is 45.8 Å². The number of anilines is 1. The molecule has 2 aliphatic rings. The average Bonchev–Trinajstić information content (AvgIpc) is 2.97. The number of amides is 1. The molecule has 2 fully saturated rings. The van der Waals surface area contributed by atoms with Gasteiger partial charge in [-0.2, -0.15) is 4.31 Å². The summed E-state index contributed by atoms with van der Waals surface area (Å²) in [6.45, 7) is 0.100. The number of halogens is 4. The lowest BCUT2D eigenvalue weighted by Gasteiger charge is -2.41. The van der Waals surface area contributed by atoms with Crippen LogP contribution in [0.3, 0.4) is 0 Å². The standard InChI is InChI=1S/C29H28F4N4O6S/c1-15-23(30)25(32)26(33)27(24(15)31)44(42,43)37-10-9-21(37)28(39)36(18-7-8-19(29(40)41)22(38)11-18)14-17-12-35-20(13-34-17)16-5-3-2-4-6-16/h7-8,11-13,16,21,38H,2-6,9-10,14H2,1H3,(H,40,41). The predicted molar refractivity (Wildman–Crippen MR) is 147 cm³/mol. The number of phenols is 1. The maximum atomic E-state index is 14.8. The van der Waals surface area contributed by atoms with Crippen LogP contribution in [-0.2, 0) is 21.4 Å². The first kappa shape index (κ1) is 31.3. The first-order valence-corrected chi connectivity index (χ1v) is 15.3. The fourth-order valence-electron chi connectivity index (χ4n) is 5.53. The molecule has 15 heteroatoms. The summed E-state index contributed by atoms with van der Waals surface area (Å²) in [7, 11) is -5.18. The molecule has 1 aromatic heterocycles. The van der Waals surface area contributed by atoms with Gasteiger partial charge >= 0.3 is 5.97 Å². The van der Waals surface area contributed by atoms with Gasteiger partial charge in [-0.1, -0.05) is 19.3 Å². The number of nitrogens with zero attached hydrogens (tertiary/aromatic N) is 4. The van der Waals surface area contributed by atoms with Gasteiger partial charge in [-0.05, 0) is 38.3 Å². The maximum absolute atomic E-state index is 14.8. The number of sulfonamides is 1. The molecule has 2 N–H and O–H groups in total. The number of aromatic hydroxyl groups is 1. The predicted octanol–water partition coefficient (Wildman–Crippen LogP) is 4.79. The molecule has 5 rings (SSSR count). The van der Waals surface area contributed by atoms with Crippen LogP contribution >= 0.6 is 0 Å². The highest BCUT2D eigenvalue weighted by atomic mass is 32.2. The summed E-state index contributed by atoms with van der Waals surface area (Å²) in [6, 6.07) is 1.75. The Bertz CT molecular complexity index is 1700. The Morgan fingerprint density at radius 2 is 1.68 bits per heavy atom. The number of hydrogen-bond acceptors (Lipinski definition) is 7. The fourth-order valence-corrected chi connectivity index (χ4v) is 7.33. The molecule has 3 aromatic rings. The molecule has 1 amide bonds. The Balaban J connectivity index is 1.49. The molecule has 234 valence electrons. The molecule has 1 atom stereocenters. The number of carbonyl (C=O) groups is 2.